The molecule has 1 N–H and O–H groups in total. The first-order valence-corrected chi connectivity index (χ1v) is 5.01. The molecule has 2 rings (SSSR count). The lowest BCUT2D eigenvalue weighted by atomic mass is 10.1. The third kappa shape index (κ3) is 1.53. The third-order valence-electron chi connectivity index (χ3n) is 2.58. The van der Waals surface area contributed by atoms with Gasteiger partial charge in [0.25, 0.3) is 0 Å². The molecule has 0 saturated carbocycles. The number of nitrogens with zero attached hydrogens (tertiary/aromatic N) is 3. The monoisotopic (exact) mass is 196 g/mol. The van der Waals surface area contributed by atoms with Gasteiger partial charge in [-0.1, -0.05) is 5.21 Å². The van der Waals surface area contributed by atoms with E-state index in [9.17, 15) is 0 Å². The molecule has 1 atom stereocenters. The van der Waals surface area contributed by atoms with Crippen molar-refractivity contribution in [2.45, 2.75) is 25.9 Å². The van der Waals surface area contributed by atoms with E-state index in [0.29, 0.717) is 6.61 Å². The molecule has 0 spiro atoms. The minimum Gasteiger partial charge on any atom is -0.383 e. The fourth-order valence-corrected chi connectivity index (χ4v) is 1.89. The van der Waals surface area contributed by atoms with E-state index in [1.165, 1.54) is 5.69 Å². The lowest BCUT2D eigenvalue weighted by Crippen LogP contribution is -2.33. The van der Waals surface area contributed by atoms with E-state index in [0.717, 1.165) is 25.2 Å². The highest BCUT2D eigenvalue weighted by Gasteiger charge is 2.24. The van der Waals surface area contributed by atoms with Crippen LogP contribution in [0.15, 0.2) is 0 Å². The van der Waals surface area contributed by atoms with Gasteiger partial charge in [-0.2, -0.15) is 0 Å². The summed E-state index contributed by atoms with van der Waals surface area (Å²) in [5.41, 5.74) is 2.31. The lowest BCUT2D eigenvalue weighted by molar-refractivity contribution is 0.162. The predicted molar refractivity (Wildman–Crippen MR) is 52.0 cm³/mol. The fraction of sp³-hybridized carbons (Fsp3) is 0.778. The molecule has 78 valence electrons. The van der Waals surface area contributed by atoms with Gasteiger partial charge < -0.3 is 10.1 Å². The second-order valence-electron chi connectivity index (χ2n) is 3.45. The number of hydrogen-bond acceptors (Lipinski definition) is 4. The van der Waals surface area contributed by atoms with Crippen molar-refractivity contribution in [1.82, 2.24) is 20.3 Å². The molecular formula is C9H16N4O. The van der Waals surface area contributed by atoms with Crippen molar-refractivity contribution in [2.75, 3.05) is 20.3 Å². The summed E-state index contributed by atoms with van der Waals surface area (Å²) in [6, 6.07) is 0.212. The van der Waals surface area contributed by atoms with Crippen molar-refractivity contribution in [2.24, 2.45) is 0 Å². The van der Waals surface area contributed by atoms with Crippen LogP contribution in [-0.4, -0.2) is 35.3 Å². The molecule has 0 saturated heterocycles. The van der Waals surface area contributed by atoms with Gasteiger partial charge in [-0.3, -0.25) is 0 Å². The van der Waals surface area contributed by atoms with Crippen molar-refractivity contribution >= 4 is 0 Å². The Bertz CT molecular complexity index is 310. The van der Waals surface area contributed by atoms with Crippen LogP contribution in [0.25, 0.3) is 0 Å². The molecule has 0 aromatic carbocycles. The molecule has 2 heterocycles. The van der Waals surface area contributed by atoms with Gasteiger partial charge in [-0.15, -0.1) is 5.10 Å². The number of ether oxygens (including phenoxy) is 1. The maximum atomic E-state index is 5.14. The number of fused-ring (bicyclic) bond motifs is 1. The van der Waals surface area contributed by atoms with Gasteiger partial charge in [-0.05, 0) is 6.92 Å². The van der Waals surface area contributed by atoms with Crippen LogP contribution in [0.5, 0.6) is 0 Å². The summed E-state index contributed by atoms with van der Waals surface area (Å²) in [4.78, 5) is 0. The van der Waals surface area contributed by atoms with Crippen LogP contribution in [-0.2, 0) is 17.7 Å². The van der Waals surface area contributed by atoms with E-state index in [1.807, 2.05) is 4.68 Å². The Labute approximate surface area is 83.4 Å². The Balaban J connectivity index is 2.26. The second kappa shape index (κ2) is 4.06. The van der Waals surface area contributed by atoms with Crippen LogP contribution in [0.1, 0.15) is 24.4 Å². The minimum atomic E-state index is 0.212. The highest BCUT2D eigenvalue weighted by atomic mass is 16.5. The summed E-state index contributed by atoms with van der Waals surface area (Å²) in [5.74, 6) is 0. The standard InChI is InChI=1S/C9H16N4O/c1-3-13-8-4-5-10-7(6-14-2)9(8)11-12-13/h7,10H,3-6H2,1-2H3. The number of nitrogens with one attached hydrogen (secondary N) is 1. The average molecular weight is 196 g/mol. The first kappa shape index (κ1) is 9.61. The summed E-state index contributed by atoms with van der Waals surface area (Å²) >= 11 is 0. The first-order valence-electron chi connectivity index (χ1n) is 5.01. The Morgan fingerprint density at radius 1 is 1.64 bits per heavy atom. The molecule has 1 aliphatic rings. The summed E-state index contributed by atoms with van der Waals surface area (Å²) in [6.45, 7) is 4.62. The molecule has 14 heavy (non-hydrogen) atoms. The molecule has 0 aliphatic carbocycles. The van der Waals surface area contributed by atoms with E-state index in [4.69, 9.17) is 4.74 Å². The summed E-state index contributed by atoms with van der Waals surface area (Å²) < 4.78 is 7.11. The highest BCUT2D eigenvalue weighted by Crippen LogP contribution is 2.20. The zero-order valence-electron chi connectivity index (χ0n) is 8.66. The van der Waals surface area contributed by atoms with Crippen molar-refractivity contribution in [3.8, 4) is 0 Å². The van der Waals surface area contributed by atoms with Crippen molar-refractivity contribution in [3.63, 3.8) is 0 Å². The van der Waals surface area contributed by atoms with Crippen molar-refractivity contribution in [1.29, 1.82) is 0 Å². The van der Waals surface area contributed by atoms with Gasteiger partial charge in [0.05, 0.1) is 18.3 Å². The van der Waals surface area contributed by atoms with Gasteiger partial charge in [0, 0.05) is 26.6 Å². The molecular weight excluding hydrogens is 180 g/mol. The SMILES string of the molecule is CCn1nnc2c1CCNC2COC. The van der Waals surface area contributed by atoms with E-state index < -0.39 is 0 Å². The summed E-state index contributed by atoms with van der Waals surface area (Å²) in [5, 5.41) is 11.7. The summed E-state index contributed by atoms with van der Waals surface area (Å²) in [7, 11) is 1.71. The van der Waals surface area contributed by atoms with Crippen LogP contribution in [0.4, 0.5) is 0 Å². The molecule has 0 fully saturated rings. The topological polar surface area (TPSA) is 52.0 Å². The second-order valence-corrected chi connectivity index (χ2v) is 3.45. The highest BCUT2D eigenvalue weighted by molar-refractivity contribution is 5.18. The molecule has 5 heteroatoms. The molecule has 1 aromatic heterocycles. The summed E-state index contributed by atoms with van der Waals surface area (Å²) in [6.07, 6.45) is 1.01. The Morgan fingerprint density at radius 3 is 3.21 bits per heavy atom. The molecule has 1 unspecified atom stereocenters. The molecule has 1 aromatic rings. The average Bonchev–Trinajstić information content (AvgIpc) is 2.62. The van der Waals surface area contributed by atoms with Crippen LogP contribution in [0.3, 0.4) is 0 Å². The van der Waals surface area contributed by atoms with E-state index in [-0.39, 0.29) is 6.04 Å². The van der Waals surface area contributed by atoms with Gasteiger partial charge in [0.1, 0.15) is 5.69 Å². The maximum Gasteiger partial charge on any atom is 0.105 e. The quantitative estimate of drug-likeness (QED) is 0.746. The number of aromatic nitrogens is 3. The van der Waals surface area contributed by atoms with Crippen molar-refractivity contribution in [3.05, 3.63) is 11.4 Å². The number of hydrogen-bond donors (Lipinski definition) is 1. The van der Waals surface area contributed by atoms with Gasteiger partial charge in [0.2, 0.25) is 0 Å². The lowest BCUT2D eigenvalue weighted by Gasteiger charge is -2.22. The zero-order valence-corrected chi connectivity index (χ0v) is 8.66. The molecule has 5 nitrogen and oxygen atoms in total. The van der Waals surface area contributed by atoms with Crippen LogP contribution >= 0.6 is 0 Å². The third-order valence-corrected chi connectivity index (χ3v) is 2.58. The Kier molecular flexibility index (Phi) is 2.79. The zero-order chi connectivity index (χ0) is 9.97. The smallest absolute Gasteiger partial charge is 0.105 e. The largest absolute Gasteiger partial charge is 0.383 e. The van der Waals surface area contributed by atoms with E-state index in [2.05, 4.69) is 22.6 Å². The normalized spacial score (nSPS) is 20.9. The maximum absolute atomic E-state index is 5.14. The van der Waals surface area contributed by atoms with E-state index >= 15 is 0 Å². The van der Waals surface area contributed by atoms with Gasteiger partial charge in [-0.25, -0.2) is 4.68 Å². The van der Waals surface area contributed by atoms with Crippen LogP contribution in [0.2, 0.25) is 0 Å². The first-order chi connectivity index (χ1) is 6.86. The molecule has 0 radical (unpaired) electrons. The van der Waals surface area contributed by atoms with Gasteiger partial charge >= 0.3 is 0 Å². The molecule has 0 bridgehead atoms. The van der Waals surface area contributed by atoms with Gasteiger partial charge in [0.15, 0.2) is 0 Å². The Hall–Kier alpha value is -0.940. The fourth-order valence-electron chi connectivity index (χ4n) is 1.89. The van der Waals surface area contributed by atoms with E-state index in [1.54, 1.807) is 7.11 Å². The van der Waals surface area contributed by atoms with Crippen LogP contribution in [0, 0.1) is 0 Å². The number of aryl methyl sites for hydroxylation is 1. The molecule has 1 aliphatic heterocycles. The predicted octanol–water partition coefficient (Wildman–Crippen LogP) is 0.131. The van der Waals surface area contributed by atoms with Crippen molar-refractivity contribution < 1.29 is 4.74 Å². The van der Waals surface area contributed by atoms with Crippen LogP contribution < -0.4 is 5.32 Å². The number of rotatable bonds is 3. The Morgan fingerprint density at radius 2 is 2.50 bits per heavy atom. The molecule has 0 amide bonds. The minimum absolute atomic E-state index is 0.212. The number of methoxy groups -OCH3 is 1.